The van der Waals surface area contributed by atoms with Crippen molar-refractivity contribution in [2.24, 2.45) is 10.9 Å². The molecule has 0 bridgehead atoms. The monoisotopic (exact) mass is 379 g/mol. The van der Waals surface area contributed by atoms with Crippen LogP contribution in [0, 0.1) is 5.92 Å². The van der Waals surface area contributed by atoms with Crippen LogP contribution in [-0.4, -0.2) is 57.2 Å². The lowest BCUT2D eigenvalue weighted by molar-refractivity contribution is 0.174. The number of nitrogens with one attached hydrogen (secondary N) is 1. The first-order chi connectivity index (χ1) is 12.5. The van der Waals surface area contributed by atoms with Crippen molar-refractivity contribution in [2.45, 2.75) is 31.8 Å². The number of ether oxygens (including phenoxy) is 2. The third kappa shape index (κ3) is 4.23. The van der Waals surface area contributed by atoms with E-state index in [0.29, 0.717) is 31.3 Å². The number of fused-ring (bicyclic) bond motifs is 1. The van der Waals surface area contributed by atoms with Crippen LogP contribution in [-0.2, 0) is 16.4 Å². The number of sulfone groups is 1. The van der Waals surface area contributed by atoms with Crippen molar-refractivity contribution in [3.8, 4) is 11.5 Å². The van der Waals surface area contributed by atoms with E-state index in [1.54, 1.807) is 0 Å². The van der Waals surface area contributed by atoms with Crippen LogP contribution in [0.4, 0.5) is 0 Å². The van der Waals surface area contributed by atoms with Gasteiger partial charge in [-0.15, -0.1) is 0 Å². The molecule has 0 aromatic heterocycles. The fourth-order valence-electron chi connectivity index (χ4n) is 3.31. The van der Waals surface area contributed by atoms with Gasteiger partial charge in [0.25, 0.3) is 0 Å². The minimum absolute atomic E-state index is 0.134. The number of nitrogens with zero attached hydrogens (tertiary/aromatic N) is 2. The van der Waals surface area contributed by atoms with E-state index in [1.807, 2.05) is 25.2 Å². The minimum atomic E-state index is -2.86. The number of aliphatic imine (C=N–C) groups is 1. The molecule has 0 radical (unpaired) electrons. The van der Waals surface area contributed by atoms with Crippen molar-refractivity contribution in [3.05, 3.63) is 23.8 Å². The van der Waals surface area contributed by atoms with Gasteiger partial charge in [0.05, 0.1) is 11.5 Å². The molecule has 1 aromatic carbocycles. The quantitative estimate of drug-likeness (QED) is 0.615. The van der Waals surface area contributed by atoms with E-state index in [2.05, 4.69) is 10.2 Å². The van der Waals surface area contributed by atoms with E-state index in [4.69, 9.17) is 14.5 Å². The van der Waals surface area contributed by atoms with Gasteiger partial charge in [-0.05, 0) is 42.9 Å². The van der Waals surface area contributed by atoms with Crippen LogP contribution in [0.25, 0.3) is 0 Å². The van der Waals surface area contributed by atoms with Crippen LogP contribution in [0.2, 0.25) is 0 Å². The molecule has 1 unspecified atom stereocenters. The summed E-state index contributed by atoms with van der Waals surface area (Å²) in [6.07, 6.45) is 3.04. The Labute approximate surface area is 154 Å². The molecule has 8 heteroatoms. The molecule has 2 heterocycles. The normalized spacial score (nSPS) is 23.9. The summed E-state index contributed by atoms with van der Waals surface area (Å²) in [5, 5.41) is 3.48. The van der Waals surface area contributed by atoms with Crippen molar-refractivity contribution in [1.82, 2.24) is 10.2 Å². The number of benzene rings is 1. The highest BCUT2D eigenvalue weighted by Crippen LogP contribution is 2.32. The molecule has 1 N–H and O–H groups in total. The van der Waals surface area contributed by atoms with Gasteiger partial charge in [0, 0.05) is 26.2 Å². The number of hydrogen-bond acceptors (Lipinski definition) is 5. The second kappa shape index (κ2) is 6.98. The van der Waals surface area contributed by atoms with Crippen molar-refractivity contribution >= 4 is 15.8 Å². The average Bonchev–Trinajstić information content (AvgIpc) is 3.17. The maximum atomic E-state index is 11.6. The van der Waals surface area contributed by atoms with Crippen LogP contribution < -0.4 is 14.8 Å². The molecule has 0 spiro atoms. The smallest absolute Gasteiger partial charge is 0.231 e. The Hall–Kier alpha value is -1.96. The summed E-state index contributed by atoms with van der Waals surface area (Å²) in [6.45, 7) is 1.52. The van der Waals surface area contributed by atoms with Gasteiger partial charge >= 0.3 is 0 Å². The highest BCUT2D eigenvalue weighted by Gasteiger charge is 2.28. The Kier molecular flexibility index (Phi) is 4.69. The van der Waals surface area contributed by atoms with Gasteiger partial charge in [0.2, 0.25) is 6.79 Å². The Morgan fingerprint density at radius 3 is 2.81 bits per heavy atom. The topological polar surface area (TPSA) is 80.2 Å². The highest BCUT2D eigenvalue weighted by molar-refractivity contribution is 7.91. The first kappa shape index (κ1) is 17.5. The first-order valence-electron chi connectivity index (χ1n) is 9.09. The molecule has 3 aliphatic rings. The molecule has 26 heavy (non-hydrogen) atoms. The molecule has 7 nitrogen and oxygen atoms in total. The number of rotatable bonds is 5. The largest absolute Gasteiger partial charge is 0.454 e. The summed E-state index contributed by atoms with van der Waals surface area (Å²) in [6, 6.07) is 6.44. The lowest BCUT2D eigenvalue weighted by atomic mass is 10.1. The van der Waals surface area contributed by atoms with Crippen LogP contribution in [0.1, 0.15) is 24.8 Å². The van der Waals surface area contributed by atoms with Gasteiger partial charge in [-0.25, -0.2) is 8.42 Å². The summed E-state index contributed by atoms with van der Waals surface area (Å²) in [5.74, 6) is 3.10. The third-order valence-electron chi connectivity index (χ3n) is 4.95. The molecular formula is C18H25N3O4S. The summed E-state index contributed by atoms with van der Waals surface area (Å²) in [7, 11) is -0.854. The lowest BCUT2D eigenvalue weighted by Crippen LogP contribution is -2.40. The van der Waals surface area contributed by atoms with Gasteiger partial charge in [-0.3, -0.25) is 4.99 Å². The molecule has 1 atom stereocenters. The average molecular weight is 379 g/mol. The predicted molar refractivity (Wildman–Crippen MR) is 99.3 cm³/mol. The van der Waals surface area contributed by atoms with Crippen LogP contribution >= 0.6 is 0 Å². The van der Waals surface area contributed by atoms with Gasteiger partial charge in [0.1, 0.15) is 0 Å². The Balaban J connectivity index is 1.42. The Morgan fingerprint density at radius 1 is 1.27 bits per heavy atom. The maximum absolute atomic E-state index is 11.6. The molecule has 1 saturated heterocycles. The van der Waals surface area contributed by atoms with Gasteiger partial charge in [0.15, 0.2) is 27.3 Å². The Morgan fingerprint density at radius 2 is 2.08 bits per heavy atom. The van der Waals surface area contributed by atoms with Crippen molar-refractivity contribution in [1.29, 1.82) is 0 Å². The van der Waals surface area contributed by atoms with E-state index in [0.717, 1.165) is 35.9 Å². The van der Waals surface area contributed by atoms with E-state index in [-0.39, 0.29) is 18.5 Å². The molecule has 0 amide bonds. The van der Waals surface area contributed by atoms with Crippen molar-refractivity contribution in [2.75, 3.05) is 31.9 Å². The molecule has 142 valence electrons. The number of hydrogen-bond donors (Lipinski definition) is 1. The number of guanidine groups is 1. The summed E-state index contributed by atoms with van der Waals surface area (Å²) >= 11 is 0. The zero-order valence-electron chi connectivity index (χ0n) is 15.0. The molecule has 2 fully saturated rings. The summed E-state index contributed by atoms with van der Waals surface area (Å²) in [5.41, 5.74) is 1.12. The molecule has 1 aliphatic carbocycles. The van der Waals surface area contributed by atoms with E-state index < -0.39 is 9.84 Å². The fraction of sp³-hybridized carbons (Fsp3) is 0.611. The van der Waals surface area contributed by atoms with E-state index >= 15 is 0 Å². The van der Waals surface area contributed by atoms with Crippen LogP contribution in [0.15, 0.2) is 23.2 Å². The molecule has 1 saturated carbocycles. The standard InChI is InChI=1S/C18H25N3O4S/c1-21(10-13-2-5-16-17(8-13)25-12-24-16)18(20-15-3-4-15)19-9-14-6-7-26(22,23)11-14/h2,5,8,14-15H,3-4,6-7,9-12H2,1H3,(H,19,20). The molecule has 2 aliphatic heterocycles. The molecular weight excluding hydrogens is 354 g/mol. The van der Waals surface area contributed by atoms with Crippen molar-refractivity contribution in [3.63, 3.8) is 0 Å². The maximum Gasteiger partial charge on any atom is 0.231 e. The summed E-state index contributed by atoms with van der Waals surface area (Å²) < 4.78 is 34.1. The summed E-state index contributed by atoms with van der Waals surface area (Å²) in [4.78, 5) is 6.81. The zero-order chi connectivity index (χ0) is 18.1. The lowest BCUT2D eigenvalue weighted by Gasteiger charge is -2.23. The zero-order valence-corrected chi connectivity index (χ0v) is 15.8. The first-order valence-corrected chi connectivity index (χ1v) is 10.9. The van der Waals surface area contributed by atoms with Crippen LogP contribution in [0.3, 0.4) is 0 Å². The van der Waals surface area contributed by atoms with E-state index in [1.165, 1.54) is 0 Å². The van der Waals surface area contributed by atoms with Gasteiger partial charge in [-0.1, -0.05) is 6.07 Å². The molecule has 1 aromatic rings. The van der Waals surface area contributed by atoms with Gasteiger partial charge < -0.3 is 19.7 Å². The second-order valence-corrected chi connectivity index (χ2v) is 9.62. The Bertz CT molecular complexity index is 805. The van der Waals surface area contributed by atoms with E-state index in [9.17, 15) is 8.42 Å². The van der Waals surface area contributed by atoms with Gasteiger partial charge in [-0.2, -0.15) is 0 Å². The highest BCUT2D eigenvalue weighted by atomic mass is 32.2. The predicted octanol–water partition coefficient (Wildman–Crippen LogP) is 1.39. The third-order valence-corrected chi connectivity index (χ3v) is 6.79. The minimum Gasteiger partial charge on any atom is -0.454 e. The molecule has 4 rings (SSSR count). The van der Waals surface area contributed by atoms with Crippen LogP contribution in [0.5, 0.6) is 11.5 Å². The van der Waals surface area contributed by atoms with Crippen molar-refractivity contribution < 1.29 is 17.9 Å². The fourth-order valence-corrected chi connectivity index (χ4v) is 5.16. The second-order valence-electron chi connectivity index (χ2n) is 7.40. The SMILES string of the molecule is CN(Cc1ccc2c(c1)OCO2)C(=NCC1CCS(=O)(=O)C1)NC1CC1.